The fraction of sp³-hybridized carbons (Fsp3) is 0.425. The number of benzene rings is 3. The summed E-state index contributed by atoms with van der Waals surface area (Å²) in [5.74, 6) is -2.61. The normalized spacial score (nSPS) is 14.6. The molecule has 1 heterocycles. The van der Waals surface area contributed by atoms with Crippen molar-refractivity contribution in [3.63, 3.8) is 0 Å². The van der Waals surface area contributed by atoms with Crippen LogP contribution in [-0.2, 0) is 41.6 Å². The SMILES string of the molecule is CC(C)CC(NC(=O)[C@@H](C)NC(=O)OCc1ccccc1)C(=O)NC(Cc1ccccc1)C(=O)COC(=O)c1c(Cl)ccc(OCCN2CCOCC2)c1Cl. The lowest BCUT2D eigenvalue weighted by Crippen LogP contribution is -2.56. The summed E-state index contributed by atoms with van der Waals surface area (Å²) < 4.78 is 21.8. The molecule has 15 heteroatoms. The van der Waals surface area contributed by atoms with Gasteiger partial charge in [-0.2, -0.15) is 0 Å². The van der Waals surface area contributed by atoms with Crippen molar-refractivity contribution in [2.45, 2.75) is 58.3 Å². The van der Waals surface area contributed by atoms with Crippen LogP contribution >= 0.6 is 23.2 Å². The highest BCUT2D eigenvalue weighted by Crippen LogP contribution is 2.34. The fourth-order valence-electron chi connectivity index (χ4n) is 5.63. The smallest absolute Gasteiger partial charge is 0.408 e. The summed E-state index contributed by atoms with van der Waals surface area (Å²) in [5.41, 5.74) is 1.35. The van der Waals surface area contributed by atoms with E-state index in [1.54, 1.807) is 42.5 Å². The number of carbonyl (C=O) groups is 5. The lowest BCUT2D eigenvalue weighted by Gasteiger charge is -2.26. The van der Waals surface area contributed by atoms with Crippen LogP contribution in [-0.4, -0.2) is 98.7 Å². The first-order valence-corrected chi connectivity index (χ1v) is 18.9. The van der Waals surface area contributed by atoms with E-state index in [-0.39, 0.29) is 46.7 Å². The molecular weight excluding hydrogens is 751 g/mol. The topological polar surface area (TPSA) is 162 Å². The fourth-order valence-corrected chi connectivity index (χ4v) is 6.20. The van der Waals surface area contributed by atoms with Gasteiger partial charge in [0.2, 0.25) is 11.8 Å². The van der Waals surface area contributed by atoms with Gasteiger partial charge in [0.1, 0.15) is 36.6 Å². The van der Waals surface area contributed by atoms with Gasteiger partial charge in [0.25, 0.3) is 0 Å². The third-order valence-corrected chi connectivity index (χ3v) is 9.33. The first kappa shape index (κ1) is 43.0. The summed E-state index contributed by atoms with van der Waals surface area (Å²) in [6, 6.07) is 17.8. The van der Waals surface area contributed by atoms with Crippen molar-refractivity contribution in [2.24, 2.45) is 5.92 Å². The summed E-state index contributed by atoms with van der Waals surface area (Å²) in [5, 5.41) is 7.87. The summed E-state index contributed by atoms with van der Waals surface area (Å²) in [7, 11) is 0. The monoisotopic (exact) mass is 798 g/mol. The zero-order chi connectivity index (χ0) is 39.7. The zero-order valence-electron chi connectivity index (χ0n) is 31.2. The maximum Gasteiger partial charge on any atom is 0.408 e. The molecule has 296 valence electrons. The number of esters is 1. The van der Waals surface area contributed by atoms with Crippen LogP contribution in [0.1, 0.15) is 48.7 Å². The van der Waals surface area contributed by atoms with Crippen LogP contribution in [0.3, 0.4) is 0 Å². The Morgan fingerprint density at radius 2 is 1.42 bits per heavy atom. The largest absolute Gasteiger partial charge is 0.491 e. The van der Waals surface area contributed by atoms with E-state index >= 15 is 0 Å². The summed E-state index contributed by atoms with van der Waals surface area (Å²) >= 11 is 12.9. The van der Waals surface area contributed by atoms with E-state index in [9.17, 15) is 24.0 Å². The molecule has 1 fully saturated rings. The van der Waals surface area contributed by atoms with E-state index in [0.717, 1.165) is 24.2 Å². The second-order valence-electron chi connectivity index (χ2n) is 13.4. The van der Waals surface area contributed by atoms with Gasteiger partial charge >= 0.3 is 12.1 Å². The quantitative estimate of drug-likeness (QED) is 0.141. The maximum atomic E-state index is 13.7. The predicted molar refractivity (Wildman–Crippen MR) is 207 cm³/mol. The second kappa shape index (κ2) is 22.0. The molecule has 3 atom stereocenters. The van der Waals surface area contributed by atoms with Crippen molar-refractivity contribution in [3.8, 4) is 5.75 Å². The van der Waals surface area contributed by atoms with Crippen molar-refractivity contribution in [3.05, 3.63) is 99.5 Å². The van der Waals surface area contributed by atoms with Crippen LogP contribution in [0.4, 0.5) is 4.79 Å². The second-order valence-corrected chi connectivity index (χ2v) is 14.2. The minimum absolute atomic E-state index is 0.0116. The van der Waals surface area contributed by atoms with Gasteiger partial charge in [0.15, 0.2) is 12.4 Å². The minimum Gasteiger partial charge on any atom is -0.491 e. The Hall–Kier alpha value is -4.69. The molecule has 1 aliphatic heterocycles. The molecule has 0 aliphatic carbocycles. The number of rotatable bonds is 19. The Labute approximate surface area is 331 Å². The Morgan fingerprint density at radius 1 is 0.782 bits per heavy atom. The number of nitrogens with zero attached hydrogens (tertiary/aromatic N) is 1. The lowest BCUT2D eigenvalue weighted by atomic mass is 9.99. The van der Waals surface area contributed by atoms with Gasteiger partial charge in [-0.3, -0.25) is 19.3 Å². The van der Waals surface area contributed by atoms with Crippen LogP contribution in [0.2, 0.25) is 10.0 Å². The number of morpholine rings is 1. The highest BCUT2D eigenvalue weighted by molar-refractivity contribution is 6.40. The Kier molecular flexibility index (Phi) is 17.2. The number of Topliss-reactive ketones (excluding diaryl/α,β-unsaturated/α-hetero) is 1. The van der Waals surface area contributed by atoms with Crippen LogP contribution in [0, 0.1) is 5.92 Å². The molecule has 13 nitrogen and oxygen atoms in total. The Bertz CT molecular complexity index is 1740. The van der Waals surface area contributed by atoms with Gasteiger partial charge in [-0.15, -0.1) is 0 Å². The highest BCUT2D eigenvalue weighted by atomic mass is 35.5. The molecule has 0 aromatic heterocycles. The first-order valence-electron chi connectivity index (χ1n) is 18.1. The Morgan fingerprint density at radius 3 is 2.07 bits per heavy atom. The van der Waals surface area contributed by atoms with Crippen molar-refractivity contribution >= 4 is 52.9 Å². The molecule has 1 aliphatic rings. The number of ether oxygens (including phenoxy) is 4. The molecule has 3 aromatic carbocycles. The number of hydrogen-bond donors (Lipinski definition) is 3. The number of carbonyl (C=O) groups excluding carboxylic acids is 5. The maximum absolute atomic E-state index is 13.7. The molecule has 0 saturated carbocycles. The van der Waals surface area contributed by atoms with Gasteiger partial charge in [-0.05, 0) is 48.9 Å². The first-order chi connectivity index (χ1) is 26.4. The van der Waals surface area contributed by atoms with Crippen LogP contribution in [0.5, 0.6) is 5.75 Å². The van der Waals surface area contributed by atoms with Crippen LogP contribution < -0.4 is 20.7 Å². The third-order valence-electron chi connectivity index (χ3n) is 8.64. The average molecular weight is 800 g/mol. The molecular formula is C40H48Cl2N4O9. The van der Waals surface area contributed by atoms with Gasteiger partial charge in [-0.25, -0.2) is 9.59 Å². The van der Waals surface area contributed by atoms with Gasteiger partial charge in [-0.1, -0.05) is 97.7 Å². The van der Waals surface area contributed by atoms with Crippen molar-refractivity contribution < 1.29 is 42.9 Å². The van der Waals surface area contributed by atoms with Crippen molar-refractivity contribution in [1.82, 2.24) is 20.9 Å². The van der Waals surface area contributed by atoms with Crippen molar-refractivity contribution in [2.75, 3.05) is 46.1 Å². The van der Waals surface area contributed by atoms with E-state index in [1.165, 1.54) is 13.0 Å². The molecule has 0 bridgehead atoms. The third kappa shape index (κ3) is 14.2. The number of nitrogens with one attached hydrogen (secondary N) is 3. The molecule has 3 amide bonds. The Balaban J connectivity index is 1.39. The van der Waals surface area contributed by atoms with E-state index in [0.29, 0.717) is 26.4 Å². The minimum atomic E-state index is -1.14. The van der Waals surface area contributed by atoms with Gasteiger partial charge < -0.3 is 34.9 Å². The van der Waals surface area contributed by atoms with E-state index in [1.807, 2.05) is 38.1 Å². The van der Waals surface area contributed by atoms with E-state index < -0.39 is 54.4 Å². The number of hydrogen-bond acceptors (Lipinski definition) is 10. The van der Waals surface area contributed by atoms with Gasteiger partial charge in [0, 0.05) is 19.6 Å². The number of amides is 3. The predicted octanol–water partition coefficient (Wildman–Crippen LogP) is 5.00. The molecule has 0 radical (unpaired) electrons. The standard InChI is InChI=1S/C40H48Cl2N4O9/c1-26(2)22-32(45-37(48)27(3)43-40(51)55-24-29-12-8-5-9-13-29)38(49)44-31(23-28-10-6-4-7-11-28)33(47)25-54-39(50)35-30(41)14-15-34(36(35)42)53-21-18-46-16-19-52-20-17-46/h4-15,26-27,31-32H,16-25H2,1-3H3,(H,43,51)(H,44,49)(H,45,48)/t27-,31?,32?/m1/s1. The number of halogens is 2. The van der Waals surface area contributed by atoms with Gasteiger partial charge in [0.05, 0.1) is 29.3 Å². The van der Waals surface area contributed by atoms with E-state index in [2.05, 4.69) is 20.9 Å². The van der Waals surface area contributed by atoms with E-state index in [4.69, 9.17) is 42.1 Å². The lowest BCUT2D eigenvalue weighted by molar-refractivity contribution is -0.133. The van der Waals surface area contributed by atoms with Crippen molar-refractivity contribution in [1.29, 1.82) is 0 Å². The molecule has 0 spiro atoms. The average Bonchev–Trinajstić information content (AvgIpc) is 3.17. The molecule has 4 rings (SSSR count). The number of ketones is 1. The molecule has 55 heavy (non-hydrogen) atoms. The summed E-state index contributed by atoms with van der Waals surface area (Å²) in [6.45, 7) is 8.33. The number of alkyl carbamates (subject to hydrolysis) is 1. The molecule has 3 aromatic rings. The molecule has 3 N–H and O–H groups in total. The highest BCUT2D eigenvalue weighted by Gasteiger charge is 2.30. The summed E-state index contributed by atoms with van der Waals surface area (Å²) in [6.07, 6.45) is -0.499. The summed E-state index contributed by atoms with van der Waals surface area (Å²) in [4.78, 5) is 68.4. The molecule has 2 unspecified atom stereocenters. The van der Waals surface area contributed by atoms with Crippen LogP contribution in [0.15, 0.2) is 72.8 Å². The zero-order valence-corrected chi connectivity index (χ0v) is 32.7. The van der Waals surface area contributed by atoms with Crippen LogP contribution in [0.25, 0.3) is 0 Å². The molecule has 1 saturated heterocycles.